The van der Waals surface area contributed by atoms with Crippen LogP contribution in [0.1, 0.15) is 6.92 Å². The summed E-state index contributed by atoms with van der Waals surface area (Å²) in [5.41, 5.74) is -0.565. The minimum atomic E-state index is -0.565. The van der Waals surface area contributed by atoms with E-state index >= 15 is 0 Å². The van der Waals surface area contributed by atoms with E-state index in [0.717, 1.165) is 0 Å². The van der Waals surface area contributed by atoms with Gasteiger partial charge in [0.15, 0.2) is 0 Å². The van der Waals surface area contributed by atoms with E-state index in [-0.39, 0.29) is 11.1 Å². The van der Waals surface area contributed by atoms with Crippen LogP contribution in [-0.2, 0) is 16.1 Å². The number of aromatic amines is 1. The molecule has 0 aliphatic heterocycles. The maximum Gasteiger partial charge on any atom is 0.441 e. The highest BCUT2D eigenvalue weighted by Gasteiger charge is 2.21. The Balaban J connectivity index is 2.69. The maximum atomic E-state index is 10.9. The van der Waals surface area contributed by atoms with Gasteiger partial charge in [-0.05, 0) is 12.2 Å². The molecule has 0 aliphatic rings. The lowest BCUT2D eigenvalue weighted by Gasteiger charge is -1.94. The van der Waals surface area contributed by atoms with Crippen LogP contribution >= 0.6 is 15.9 Å². The first-order chi connectivity index (χ1) is 6.15. The number of carbonyl (C=O) groups is 1. The van der Waals surface area contributed by atoms with Crippen molar-refractivity contribution in [2.45, 2.75) is 13.5 Å². The van der Waals surface area contributed by atoms with E-state index < -0.39 is 11.6 Å². The van der Waals surface area contributed by atoms with Crippen LogP contribution in [0.15, 0.2) is 13.9 Å². The van der Waals surface area contributed by atoms with E-state index in [0.29, 0.717) is 6.61 Å². The van der Waals surface area contributed by atoms with Gasteiger partial charge in [-0.25, -0.2) is 9.59 Å². The largest absolute Gasteiger partial charge is 0.461 e. The number of carbonyl (C=O) groups excluding carboxylic acids is 1. The molecule has 0 atom stereocenters. The average Bonchev–Trinajstić information content (AvgIpc) is 2.37. The summed E-state index contributed by atoms with van der Waals surface area (Å²) in [7, 11) is 0. The van der Waals surface area contributed by atoms with E-state index in [1.807, 2.05) is 0 Å². The first-order valence-electron chi connectivity index (χ1n) is 3.57. The Morgan fingerprint density at radius 1 is 1.77 bits per heavy atom. The van der Waals surface area contributed by atoms with E-state index in [4.69, 9.17) is 0 Å². The number of nitrogens with one attached hydrogen (secondary N) is 1. The highest BCUT2D eigenvalue weighted by Crippen LogP contribution is 1.92. The Morgan fingerprint density at radius 3 is 2.92 bits per heavy atom. The molecule has 0 fully saturated rings. The molecule has 7 heteroatoms. The van der Waals surface area contributed by atoms with Gasteiger partial charge in [-0.1, -0.05) is 4.68 Å². The molecule has 1 heterocycles. The lowest BCUT2D eigenvalue weighted by atomic mass is 10.6. The molecule has 0 aliphatic carbocycles. The minimum Gasteiger partial charge on any atom is -0.461 e. The Morgan fingerprint density at radius 2 is 2.46 bits per heavy atom. The van der Waals surface area contributed by atoms with Crippen molar-refractivity contribution in [3.8, 4) is 0 Å². The summed E-state index contributed by atoms with van der Waals surface area (Å²) in [5.74, 6) is -0.440. The monoisotopic (exact) mass is 251 g/mol. The van der Waals surface area contributed by atoms with Crippen molar-refractivity contribution in [1.29, 1.82) is 0 Å². The summed E-state index contributed by atoms with van der Waals surface area (Å²) in [6.07, 6.45) is 0. The molecule has 13 heavy (non-hydrogen) atoms. The zero-order chi connectivity index (χ0) is 9.84. The van der Waals surface area contributed by atoms with Gasteiger partial charge < -0.3 is 4.74 Å². The van der Waals surface area contributed by atoms with E-state index in [2.05, 4.69) is 30.5 Å². The van der Waals surface area contributed by atoms with Crippen LogP contribution in [0, 0.1) is 0 Å². The third-order valence-electron chi connectivity index (χ3n) is 1.25. The zero-order valence-electron chi connectivity index (χ0n) is 6.87. The summed E-state index contributed by atoms with van der Waals surface area (Å²) >= 11 is 2.95. The number of H-pyrrole nitrogens is 1. The number of nitrogens with zero attached hydrogens (tertiary/aromatic N) is 1. The third-order valence-corrected chi connectivity index (χ3v) is 2.00. The molecule has 0 amide bonds. The highest BCUT2D eigenvalue weighted by molar-refractivity contribution is 9.10. The maximum absolute atomic E-state index is 10.9. The second-order valence-electron chi connectivity index (χ2n) is 2.16. The number of hydrogen-bond acceptors (Lipinski definition) is 4. The van der Waals surface area contributed by atoms with Crippen molar-refractivity contribution in [1.82, 2.24) is 5.27 Å². The summed E-state index contributed by atoms with van der Waals surface area (Å²) in [5, 5.41) is 2.24. The molecule has 1 aromatic heterocycles. The molecule has 0 saturated heterocycles. The van der Waals surface area contributed by atoms with Crippen LogP contribution < -0.4 is 10.3 Å². The molecule has 0 saturated carbocycles. The minimum absolute atomic E-state index is 0.0832. The van der Waals surface area contributed by atoms with Crippen LogP contribution in [0.2, 0.25) is 0 Å². The second-order valence-corrected chi connectivity index (χ2v) is 2.91. The molecule has 1 N–H and O–H groups in total. The Hall–Kier alpha value is -1.11. The number of halogens is 1. The van der Waals surface area contributed by atoms with Crippen LogP contribution in [0.3, 0.4) is 0 Å². The number of hydrogen-bond donors (Lipinski definition) is 1. The summed E-state index contributed by atoms with van der Waals surface area (Å²) < 4.78 is 10.4. The standard InChI is InChI=1S/C6H7BrN2O4/c1-2-12-4(10)3-9-5(7)6(11)13-8-9/h2-3H2,1H3/p+1. The number of ether oxygens (including phenoxy) is 1. The number of esters is 1. The van der Waals surface area contributed by atoms with Crippen molar-refractivity contribution < 1.29 is 18.7 Å². The van der Waals surface area contributed by atoms with Crippen molar-refractivity contribution in [2.24, 2.45) is 0 Å². The normalized spacial score (nSPS) is 10.0. The first-order valence-corrected chi connectivity index (χ1v) is 4.37. The second kappa shape index (κ2) is 4.22. The fraction of sp³-hybridized carbons (Fsp3) is 0.500. The van der Waals surface area contributed by atoms with Crippen molar-refractivity contribution in [2.75, 3.05) is 6.61 Å². The molecule has 0 unspecified atom stereocenters. The van der Waals surface area contributed by atoms with Gasteiger partial charge in [-0.2, -0.15) is 0 Å². The van der Waals surface area contributed by atoms with Crippen LogP contribution in [0.25, 0.3) is 0 Å². The van der Waals surface area contributed by atoms with Gasteiger partial charge in [0.25, 0.3) is 6.54 Å². The van der Waals surface area contributed by atoms with Gasteiger partial charge in [-0.15, -0.1) is 0 Å². The number of rotatable bonds is 3. The molecule has 6 nitrogen and oxygen atoms in total. The van der Waals surface area contributed by atoms with Gasteiger partial charge in [0.2, 0.25) is 0 Å². The average molecular weight is 252 g/mol. The van der Waals surface area contributed by atoms with E-state index in [1.165, 1.54) is 4.68 Å². The van der Waals surface area contributed by atoms with Crippen LogP contribution in [-0.4, -0.2) is 17.8 Å². The lowest BCUT2D eigenvalue weighted by Crippen LogP contribution is -2.42. The molecule has 1 aromatic rings. The zero-order valence-corrected chi connectivity index (χ0v) is 8.46. The van der Waals surface area contributed by atoms with E-state index in [9.17, 15) is 9.59 Å². The molecule has 0 bridgehead atoms. The summed E-state index contributed by atoms with van der Waals surface area (Å²) in [6, 6.07) is 0. The quantitative estimate of drug-likeness (QED) is 0.585. The summed E-state index contributed by atoms with van der Waals surface area (Å²) in [4.78, 5) is 21.7. The molecule has 0 aromatic carbocycles. The summed E-state index contributed by atoms with van der Waals surface area (Å²) in [6.45, 7) is 1.93. The van der Waals surface area contributed by atoms with Crippen LogP contribution in [0.4, 0.5) is 0 Å². The third kappa shape index (κ3) is 2.41. The molecular formula is C6H8BrN2O4+. The predicted octanol–water partition coefficient (Wildman–Crippen LogP) is -0.419. The fourth-order valence-corrected chi connectivity index (χ4v) is 1.01. The highest BCUT2D eigenvalue weighted by atomic mass is 79.9. The van der Waals surface area contributed by atoms with Crippen molar-refractivity contribution in [3.05, 3.63) is 15.0 Å². The van der Waals surface area contributed by atoms with Gasteiger partial charge in [0.1, 0.15) is 0 Å². The first kappa shape index (κ1) is 9.97. The van der Waals surface area contributed by atoms with Gasteiger partial charge in [0, 0.05) is 15.9 Å². The molecular weight excluding hydrogens is 244 g/mol. The Kier molecular flexibility index (Phi) is 3.24. The van der Waals surface area contributed by atoms with Gasteiger partial charge in [0.05, 0.1) is 6.61 Å². The Bertz CT molecular complexity index is 356. The van der Waals surface area contributed by atoms with Gasteiger partial charge >= 0.3 is 16.2 Å². The SMILES string of the molecule is CCOC(=O)C[n+]1[nH]oc(=O)c1Br. The van der Waals surface area contributed by atoms with E-state index in [1.54, 1.807) is 6.92 Å². The smallest absolute Gasteiger partial charge is 0.441 e. The topological polar surface area (TPSA) is 76.2 Å². The molecule has 1 rings (SSSR count). The van der Waals surface area contributed by atoms with Crippen LogP contribution in [0.5, 0.6) is 0 Å². The van der Waals surface area contributed by atoms with Crippen molar-refractivity contribution in [3.63, 3.8) is 0 Å². The molecule has 72 valence electrons. The lowest BCUT2D eigenvalue weighted by molar-refractivity contribution is -0.761. The predicted molar refractivity (Wildman–Crippen MR) is 43.9 cm³/mol. The van der Waals surface area contributed by atoms with Gasteiger partial charge in [-0.3, -0.25) is 4.52 Å². The Labute approximate surface area is 81.6 Å². The van der Waals surface area contributed by atoms with Crippen molar-refractivity contribution >= 4 is 21.9 Å². The fourth-order valence-electron chi connectivity index (χ4n) is 0.726. The molecule has 0 spiro atoms. The number of aromatic nitrogens is 2. The molecule has 0 radical (unpaired) electrons.